The molecule has 84 valence electrons. The van der Waals surface area contributed by atoms with E-state index in [2.05, 4.69) is 19.9 Å². The quantitative estimate of drug-likeness (QED) is 0.418. The van der Waals surface area contributed by atoms with Crippen LogP contribution in [0.25, 0.3) is 0 Å². The number of hydrogen-bond donors (Lipinski definition) is 2. The molecule has 1 heterocycles. The number of guanidine groups is 1. The summed E-state index contributed by atoms with van der Waals surface area (Å²) in [5, 5.41) is 6.82. The van der Waals surface area contributed by atoms with Crippen molar-refractivity contribution in [1.29, 1.82) is 0 Å². The Morgan fingerprint density at radius 1 is 1.67 bits per heavy atom. The van der Waals surface area contributed by atoms with Crippen LogP contribution in [0, 0.1) is 6.92 Å². The number of hydrogen-bond acceptors (Lipinski definition) is 5. The van der Waals surface area contributed by atoms with Crippen LogP contribution in [0.5, 0.6) is 0 Å². The molecule has 0 saturated heterocycles. The van der Waals surface area contributed by atoms with Crippen LogP contribution in [-0.2, 0) is 11.3 Å². The van der Waals surface area contributed by atoms with E-state index < -0.39 is 0 Å². The van der Waals surface area contributed by atoms with Gasteiger partial charge in [0.15, 0.2) is 5.96 Å². The fourth-order valence-corrected chi connectivity index (χ4v) is 1.45. The number of nitrogens with two attached hydrogens (primary N) is 1. The highest BCUT2D eigenvalue weighted by Gasteiger charge is 2.01. The second-order valence-corrected chi connectivity index (χ2v) is 3.74. The third kappa shape index (κ3) is 4.22. The summed E-state index contributed by atoms with van der Waals surface area (Å²) in [5.41, 5.74) is 6.54. The van der Waals surface area contributed by atoms with E-state index in [0.29, 0.717) is 25.7 Å². The molecule has 1 aromatic heterocycles. The third-order valence-corrected chi connectivity index (χ3v) is 2.56. The summed E-state index contributed by atoms with van der Waals surface area (Å²) >= 11 is 1.34. The van der Waals surface area contributed by atoms with Gasteiger partial charge in [0.1, 0.15) is 0 Å². The molecular weight excluding hydrogens is 214 g/mol. The van der Waals surface area contributed by atoms with Crippen molar-refractivity contribution in [3.8, 4) is 0 Å². The van der Waals surface area contributed by atoms with E-state index in [1.54, 1.807) is 7.11 Å². The zero-order valence-electron chi connectivity index (χ0n) is 8.86. The topological polar surface area (TPSA) is 85.4 Å². The van der Waals surface area contributed by atoms with Crippen molar-refractivity contribution in [2.45, 2.75) is 13.5 Å². The van der Waals surface area contributed by atoms with E-state index in [0.717, 1.165) is 10.6 Å². The summed E-state index contributed by atoms with van der Waals surface area (Å²) in [6.45, 7) is 3.70. The molecule has 0 saturated carbocycles. The van der Waals surface area contributed by atoms with Gasteiger partial charge in [0.05, 0.1) is 23.7 Å². The minimum Gasteiger partial charge on any atom is -0.383 e. The van der Waals surface area contributed by atoms with E-state index in [4.69, 9.17) is 10.5 Å². The standard InChI is InChI=1S/C8H15N5OS/c1-6-7(15-13-12-6)5-11-8(9)10-3-4-14-2/h3-5H2,1-2H3,(H3,9,10,11). The van der Waals surface area contributed by atoms with Crippen molar-refractivity contribution >= 4 is 17.5 Å². The molecule has 6 nitrogen and oxygen atoms in total. The first-order valence-corrected chi connectivity index (χ1v) is 5.32. The number of rotatable bonds is 5. The van der Waals surface area contributed by atoms with Crippen LogP contribution in [0.4, 0.5) is 0 Å². The largest absolute Gasteiger partial charge is 0.383 e. The maximum Gasteiger partial charge on any atom is 0.189 e. The van der Waals surface area contributed by atoms with Crippen molar-refractivity contribution < 1.29 is 4.74 Å². The van der Waals surface area contributed by atoms with Crippen LogP contribution in [0.15, 0.2) is 4.99 Å². The molecule has 0 amide bonds. The Bertz CT molecular complexity index is 325. The number of aromatic nitrogens is 2. The Hall–Kier alpha value is -1.21. The highest BCUT2D eigenvalue weighted by atomic mass is 32.1. The van der Waals surface area contributed by atoms with Gasteiger partial charge in [-0.05, 0) is 18.5 Å². The van der Waals surface area contributed by atoms with Gasteiger partial charge >= 0.3 is 0 Å². The van der Waals surface area contributed by atoms with Gasteiger partial charge in [0.25, 0.3) is 0 Å². The van der Waals surface area contributed by atoms with Crippen LogP contribution in [0.3, 0.4) is 0 Å². The first-order chi connectivity index (χ1) is 7.24. The molecule has 7 heteroatoms. The molecule has 1 aromatic rings. The van der Waals surface area contributed by atoms with E-state index in [1.807, 2.05) is 6.92 Å². The number of nitrogens with one attached hydrogen (secondary N) is 1. The van der Waals surface area contributed by atoms with Crippen molar-refractivity contribution in [1.82, 2.24) is 14.9 Å². The molecule has 0 aromatic carbocycles. The molecule has 0 fully saturated rings. The zero-order valence-corrected chi connectivity index (χ0v) is 9.67. The summed E-state index contributed by atoms with van der Waals surface area (Å²) in [6.07, 6.45) is 0. The molecule has 3 N–H and O–H groups in total. The second kappa shape index (κ2) is 6.31. The Morgan fingerprint density at radius 2 is 2.47 bits per heavy atom. The van der Waals surface area contributed by atoms with Crippen LogP contribution in [0.1, 0.15) is 10.6 Å². The van der Waals surface area contributed by atoms with Gasteiger partial charge in [0.2, 0.25) is 0 Å². The Kier molecular flexibility index (Phi) is 4.99. The van der Waals surface area contributed by atoms with Crippen LogP contribution < -0.4 is 11.1 Å². The molecule has 0 spiro atoms. The van der Waals surface area contributed by atoms with Crippen LogP contribution in [-0.4, -0.2) is 35.8 Å². The minimum absolute atomic E-state index is 0.417. The van der Waals surface area contributed by atoms with Crippen LogP contribution >= 0.6 is 11.5 Å². The van der Waals surface area contributed by atoms with E-state index in [9.17, 15) is 0 Å². The van der Waals surface area contributed by atoms with Gasteiger partial charge in [-0.25, -0.2) is 4.99 Å². The van der Waals surface area contributed by atoms with Crippen molar-refractivity contribution in [3.63, 3.8) is 0 Å². The normalized spacial score (nSPS) is 11.7. The monoisotopic (exact) mass is 229 g/mol. The number of methoxy groups -OCH3 is 1. The summed E-state index contributed by atoms with van der Waals surface area (Å²) in [4.78, 5) is 5.19. The van der Waals surface area contributed by atoms with Gasteiger partial charge in [-0.1, -0.05) is 4.49 Å². The summed E-state index contributed by atoms with van der Waals surface area (Å²) in [6, 6.07) is 0. The van der Waals surface area contributed by atoms with E-state index >= 15 is 0 Å². The highest BCUT2D eigenvalue weighted by Crippen LogP contribution is 2.09. The highest BCUT2D eigenvalue weighted by molar-refractivity contribution is 7.05. The van der Waals surface area contributed by atoms with Gasteiger partial charge in [0, 0.05) is 13.7 Å². The predicted octanol–water partition coefficient (Wildman–Crippen LogP) is -0.103. The maximum atomic E-state index is 5.63. The molecule has 0 bridgehead atoms. The average molecular weight is 229 g/mol. The average Bonchev–Trinajstić information content (AvgIpc) is 2.61. The minimum atomic E-state index is 0.417. The second-order valence-electron chi connectivity index (χ2n) is 2.90. The van der Waals surface area contributed by atoms with Gasteiger partial charge < -0.3 is 15.8 Å². The summed E-state index contributed by atoms with van der Waals surface area (Å²) in [5.74, 6) is 0.417. The number of nitrogens with zero attached hydrogens (tertiary/aromatic N) is 3. The number of aryl methyl sites for hydroxylation is 1. The zero-order chi connectivity index (χ0) is 11.1. The Labute approximate surface area is 92.7 Å². The molecule has 0 aliphatic rings. The third-order valence-electron chi connectivity index (χ3n) is 1.75. The van der Waals surface area contributed by atoms with Gasteiger partial charge in [-0.3, -0.25) is 0 Å². The van der Waals surface area contributed by atoms with E-state index in [-0.39, 0.29) is 0 Å². The fourth-order valence-electron chi connectivity index (χ4n) is 0.890. The maximum absolute atomic E-state index is 5.63. The molecule has 1 rings (SSSR count). The van der Waals surface area contributed by atoms with Crippen molar-refractivity contribution in [3.05, 3.63) is 10.6 Å². The SMILES string of the molecule is COCCNC(N)=NCc1snnc1C. The lowest BCUT2D eigenvalue weighted by molar-refractivity contribution is 0.204. The molecular formula is C8H15N5OS. The van der Waals surface area contributed by atoms with Crippen molar-refractivity contribution in [2.24, 2.45) is 10.7 Å². The van der Waals surface area contributed by atoms with Crippen LogP contribution in [0.2, 0.25) is 0 Å². The molecule has 0 unspecified atom stereocenters. The molecule has 0 aliphatic heterocycles. The Balaban J connectivity index is 2.34. The smallest absolute Gasteiger partial charge is 0.189 e. The fraction of sp³-hybridized carbons (Fsp3) is 0.625. The molecule has 15 heavy (non-hydrogen) atoms. The first-order valence-electron chi connectivity index (χ1n) is 4.54. The van der Waals surface area contributed by atoms with Crippen molar-refractivity contribution in [2.75, 3.05) is 20.3 Å². The van der Waals surface area contributed by atoms with Gasteiger partial charge in [-0.2, -0.15) is 0 Å². The van der Waals surface area contributed by atoms with Gasteiger partial charge in [-0.15, -0.1) is 5.10 Å². The lowest BCUT2D eigenvalue weighted by atomic mass is 10.4. The number of aliphatic imine (C=N–C) groups is 1. The lowest BCUT2D eigenvalue weighted by Crippen LogP contribution is -2.34. The number of ether oxygens (including phenoxy) is 1. The van der Waals surface area contributed by atoms with E-state index in [1.165, 1.54) is 11.5 Å². The first kappa shape index (κ1) is 11.9. The summed E-state index contributed by atoms with van der Waals surface area (Å²) < 4.78 is 8.69. The molecule has 0 aliphatic carbocycles. The Morgan fingerprint density at radius 3 is 3.07 bits per heavy atom. The predicted molar refractivity (Wildman–Crippen MR) is 59.9 cm³/mol. The summed E-state index contributed by atoms with van der Waals surface area (Å²) in [7, 11) is 1.64. The lowest BCUT2D eigenvalue weighted by Gasteiger charge is -2.03. The molecule has 0 radical (unpaired) electrons. The molecule has 0 atom stereocenters.